The van der Waals surface area contributed by atoms with Crippen molar-refractivity contribution in [1.29, 1.82) is 0 Å². The van der Waals surface area contributed by atoms with Crippen molar-refractivity contribution in [2.75, 3.05) is 15.8 Å². The van der Waals surface area contributed by atoms with Crippen molar-refractivity contribution in [2.24, 2.45) is 5.92 Å². The van der Waals surface area contributed by atoms with Gasteiger partial charge in [-0.2, -0.15) is 0 Å². The summed E-state index contributed by atoms with van der Waals surface area (Å²) < 4.78 is 40.5. The van der Waals surface area contributed by atoms with Gasteiger partial charge in [-0.15, -0.1) is 11.8 Å². The average Bonchev–Trinajstić information content (AvgIpc) is 2.66. The Hall–Kier alpha value is -2.06. The Morgan fingerprint density at radius 2 is 2.04 bits per heavy atom. The third-order valence-corrected chi connectivity index (χ3v) is 6.25. The van der Waals surface area contributed by atoms with Crippen LogP contribution in [-0.4, -0.2) is 20.1 Å². The molecule has 1 aliphatic heterocycles. The average molecular weight is 366 g/mol. The Balaban J connectivity index is 1.92. The van der Waals surface area contributed by atoms with E-state index >= 15 is 0 Å². The fourth-order valence-electron chi connectivity index (χ4n) is 2.21. The molecule has 1 amide bonds. The first kappa shape index (κ1) is 16.8. The van der Waals surface area contributed by atoms with Gasteiger partial charge in [-0.05, 0) is 36.4 Å². The highest BCUT2D eigenvalue weighted by molar-refractivity contribution is 7.99. The zero-order valence-corrected chi connectivity index (χ0v) is 14.4. The maximum absolute atomic E-state index is 13.2. The summed E-state index contributed by atoms with van der Waals surface area (Å²) in [6, 6.07) is 9.76. The Labute approximate surface area is 143 Å². The summed E-state index contributed by atoms with van der Waals surface area (Å²) in [5, 5.41) is 2.75. The highest BCUT2D eigenvalue weighted by Crippen LogP contribution is 2.34. The Bertz CT molecular complexity index is 900. The van der Waals surface area contributed by atoms with Crippen molar-refractivity contribution < 1.29 is 17.6 Å². The number of amides is 1. The van der Waals surface area contributed by atoms with Crippen LogP contribution in [-0.2, 0) is 14.8 Å². The molecule has 2 aromatic carbocycles. The van der Waals surface area contributed by atoms with Gasteiger partial charge in [0.1, 0.15) is 5.82 Å². The summed E-state index contributed by atoms with van der Waals surface area (Å²) in [4.78, 5) is 12.8. The highest BCUT2D eigenvalue weighted by atomic mass is 32.2. The molecule has 0 aromatic heterocycles. The summed E-state index contributed by atoms with van der Waals surface area (Å²) in [5.74, 6) is -0.205. The van der Waals surface area contributed by atoms with Gasteiger partial charge in [-0.1, -0.05) is 13.0 Å². The van der Waals surface area contributed by atoms with Crippen molar-refractivity contribution in [2.45, 2.75) is 16.7 Å². The molecule has 0 saturated heterocycles. The summed E-state index contributed by atoms with van der Waals surface area (Å²) in [5.41, 5.74) is 0.605. The fourth-order valence-corrected chi connectivity index (χ4v) is 4.30. The van der Waals surface area contributed by atoms with E-state index < -0.39 is 15.8 Å². The van der Waals surface area contributed by atoms with Crippen LogP contribution >= 0.6 is 11.8 Å². The van der Waals surface area contributed by atoms with Gasteiger partial charge in [-0.3, -0.25) is 9.52 Å². The molecule has 0 aliphatic carbocycles. The first-order chi connectivity index (χ1) is 11.3. The molecule has 8 heteroatoms. The summed E-state index contributed by atoms with van der Waals surface area (Å²) in [6.07, 6.45) is 0. The molecule has 1 heterocycles. The number of carbonyl (C=O) groups excluding carboxylic acids is 1. The lowest BCUT2D eigenvalue weighted by Gasteiger charge is -2.11. The molecular weight excluding hydrogens is 351 g/mol. The van der Waals surface area contributed by atoms with Crippen LogP contribution in [0.25, 0.3) is 0 Å². The highest BCUT2D eigenvalue weighted by Gasteiger charge is 2.23. The largest absolute Gasteiger partial charge is 0.325 e. The van der Waals surface area contributed by atoms with E-state index in [1.165, 1.54) is 42.1 Å². The summed E-state index contributed by atoms with van der Waals surface area (Å²) in [7, 11) is -3.88. The molecule has 126 valence electrons. The SMILES string of the molecule is C[C@H]1CSc2ccc(S(=O)(=O)Nc3cccc(F)c3)cc2NC1=O. The maximum Gasteiger partial charge on any atom is 0.261 e. The number of anilines is 2. The minimum atomic E-state index is -3.88. The molecule has 2 aromatic rings. The van der Waals surface area contributed by atoms with Crippen LogP contribution in [0.15, 0.2) is 52.3 Å². The summed E-state index contributed by atoms with van der Waals surface area (Å²) >= 11 is 1.50. The van der Waals surface area contributed by atoms with E-state index in [1.807, 2.05) is 6.92 Å². The second kappa shape index (κ2) is 6.45. The van der Waals surface area contributed by atoms with Gasteiger partial charge in [0.2, 0.25) is 5.91 Å². The van der Waals surface area contributed by atoms with Crippen molar-refractivity contribution in [3.8, 4) is 0 Å². The third kappa shape index (κ3) is 3.54. The van der Waals surface area contributed by atoms with Gasteiger partial charge < -0.3 is 5.32 Å². The van der Waals surface area contributed by atoms with Crippen LogP contribution in [0.1, 0.15) is 6.92 Å². The molecule has 0 unspecified atom stereocenters. The number of rotatable bonds is 3. The van der Waals surface area contributed by atoms with E-state index in [2.05, 4.69) is 10.0 Å². The molecule has 0 saturated carbocycles. The molecule has 0 bridgehead atoms. The lowest BCUT2D eigenvalue weighted by Crippen LogP contribution is -2.20. The van der Waals surface area contributed by atoms with E-state index in [9.17, 15) is 17.6 Å². The molecule has 0 spiro atoms. The molecule has 1 aliphatic rings. The second-order valence-corrected chi connectivity index (χ2v) is 8.22. The number of fused-ring (bicyclic) bond motifs is 1. The van der Waals surface area contributed by atoms with E-state index in [1.54, 1.807) is 6.07 Å². The number of sulfonamides is 1. The number of benzene rings is 2. The maximum atomic E-state index is 13.2. The minimum absolute atomic E-state index is 0.000893. The Kier molecular flexibility index (Phi) is 4.51. The molecule has 5 nitrogen and oxygen atoms in total. The zero-order valence-electron chi connectivity index (χ0n) is 12.7. The molecule has 1 atom stereocenters. The first-order valence-corrected chi connectivity index (χ1v) is 9.68. The van der Waals surface area contributed by atoms with Crippen LogP contribution < -0.4 is 10.0 Å². The van der Waals surface area contributed by atoms with E-state index in [-0.39, 0.29) is 22.4 Å². The molecule has 3 rings (SSSR count). The Morgan fingerprint density at radius 3 is 2.79 bits per heavy atom. The number of nitrogens with one attached hydrogen (secondary N) is 2. The van der Waals surface area contributed by atoms with Crippen molar-refractivity contribution >= 4 is 39.1 Å². The van der Waals surface area contributed by atoms with E-state index in [4.69, 9.17) is 0 Å². The van der Waals surface area contributed by atoms with Gasteiger partial charge in [0.05, 0.1) is 16.3 Å². The van der Waals surface area contributed by atoms with Crippen LogP contribution in [0.5, 0.6) is 0 Å². The normalized spacial score (nSPS) is 17.6. The van der Waals surface area contributed by atoms with Crippen molar-refractivity contribution in [3.05, 3.63) is 48.3 Å². The zero-order chi connectivity index (χ0) is 17.3. The topological polar surface area (TPSA) is 75.3 Å². The molecule has 0 radical (unpaired) electrons. The molecular formula is C16H15FN2O3S2. The number of hydrogen-bond donors (Lipinski definition) is 2. The fraction of sp³-hybridized carbons (Fsp3) is 0.188. The lowest BCUT2D eigenvalue weighted by molar-refractivity contribution is -0.118. The van der Waals surface area contributed by atoms with E-state index in [0.29, 0.717) is 11.4 Å². The van der Waals surface area contributed by atoms with Crippen molar-refractivity contribution in [3.63, 3.8) is 0 Å². The number of hydrogen-bond acceptors (Lipinski definition) is 4. The minimum Gasteiger partial charge on any atom is -0.325 e. The molecule has 0 fully saturated rings. The predicted molar refractivity (Wildman–Crippen MR) is 92.2 cm³/mol. The molecule has 24 heavy (non-hydrogen) atoms. The summed E-state index contributed by atoms with van der Waals surface area (Å²) in [6.45, 7) is 1.82. The number of carbonyl (C=O) groups is 1. The molecule has 2 N–H and O–H groups in total. The third-order valence-electron chi connectivity index (χ3n) is 3.53. The van der Waals surface area contributed by atoms with Gasteiger partial charge in [-0.25, -0.2) is 12.8 Å². The Morgan fingerprint density at radius 1 is 1.25 bits per heavy atom. The monoisotopic (exact) mass is 366 g/mol. The predicted octanol–water partition coefficient (Wildman–Crippen LogP) is 3.31. The van der Waals surface area contributed by atoms with Crippen LogP contribution in [0.3, 0.4) is 0 Å². The quantitative estimate of drug-likeness (QED) is 0.874. The van der Waals surface area contributed by atoms with Gasteiger partial charge in [0.25, 0.3) is 10.0 Å². The number of halogens is 1. The first-order valence-electron chi connectivity index (χ1n) is 7.21. The smallest absolute Gasteiger partial charge is 0.261 e. The van der Waals surface area contributed by atoms with Crippen LogP contribution in [0.4, 0.5) is 15.8 Å². The van der Waals surface area contributed by atoms with E-state index in [0.717, 1.165) is 11.0 Å². The standard InChI is InChI=1S/C16H15FN2O3S2/c1-10-9-23-15-6-5-13(8-14(15)18-16(10)20)24(21,22)19-12-4-2-3-11(17)7-12/h2-8,10,19H,9H2,1H3,(H,18,20)/t10-/m0/s1. The van der Waals surface area contributed by atoms with Gasteiger partial charge in [0, 0.05) is 16.6 Å². The second-order valence-electron chi connectivity index (χ2n) is 5.48. The van der Waals surface area contributed by atoms with Crippen LogP contribution in [0.2, 0.25) is 0 Å². The van der Waals surface area contributed by atoms with Crippen LogP contribution in [0, 0.1) is 11.7 Å². The van der Waals surface area contributed by atoms with Gasteiger partial charge in [0.15, 0.2) is 0 Å². The lowest BCUT2D eigenvalue weighted by atomic mass is 10.2. The van der Waals surface area contributed by atoms with Crippen molar-refractivity contribution in [1.82, 2.24) is 0 Å². The number of thioether (sulfide) groups is 1. The van der Waals surface area contributed by atoms with Gasteiger partial charge >= 0.3 is 0 Å².